The van der Waals surface area contributed by atoms with Crippen LogP contribution in [0, 0.1) is 0 Å². The molecule has 0 spiro atoms. The zero-order chi connectivity index (χ0) is 13.7. The molecule has 0 aromatic carbocycles. The molecule has 2 nitrogen and oxygen atoms in total. The average Bonchev–Trinajstić information content (AvgIpc) is 3.01. The second-order valence-electron chi connectivity index (χ2n) is 4.41. The predicted molar refractivity (Wildman–Crippen MR) is 85.8 cm³/mol. The molecule has 0 aliphatic heterocycles. The van der Waals surface area contributed by atoms with Gasteiger partial charge >= 0.3 is 0 Å². The van der Waals surface area contributed by atoms with Gasteiger partial charge in [0, 0.05) is 33.1 Å². The Morgan fingerprint density at radius 1 is 1.37 bits per heavy atom. The fourth-order valence-electron chi connectivity index (χ4n) is 1.82. The number of hydrogen-bond donors (Lipinski definition) is 0. The van der Waals surface area contributed by atoms with Crippen molar-refractivity contribution >= 4 is 44.5 Å². The summed E-state index contributed by atoms with van der Waals surface area (Å²) in [7, 11) is 1.88. The van der Waals surface area contributed by atoms with E-state index in [0.717, 1.165) is 17.3 Å². The Bertz CT molecular complexity index is 521. The molecule has 0 saturated carbocycles. The smallest absolute Gasteiger partial charge is 0.222 e. The number of amides is 1. The number of nitrogens with zero attached hydrogens (tertiary/aromatic N) is 1. The van der Waals surface area contributed by atoms with Gasteiger partial charge < -0.3 is 4.90 Å². The summed E-state index contributed by atoms with van der Waals surface area (Å²) >= 11 is 6.87. The van der Waals surface area contributed by atoms with Crippen LogP contribution in [-0.2, 0) is 17.8 Å². The lowest BCUT2D eigenvalue weighted by Crippen LogP contribution is -2.25. The molecule has 2 aromatic heterocycles. The van der Waals surface area contributed by atoms with Crippen molar-refractivity contribution in [1.29, 1.82) is 0 Å². The standard InChI is InChI=1S/C14H16BrNOS2/c1-16(9-13-8-11(15)10-19-13)14(17)6-2-4-12-5-3-7-18-12/h3,5,7-8,10H,2,4,6,9H2,1H3. The third-order valence-electron chi connectivity index (χ3n) is 2.83. The van der Waals surface area contributed by atoms with Gasteiger partial charge in [0.25, 0.3) is 0 Å². The number of carbonyl (C=O) groups is 1. The molecule has 0 fully saturated rings. The molecule has 19 heavy (non-hydrogen) atoms. The second kappa shape index (κ2) is 7.22. The maximum Gasteiger partial charge on any atom is 0.222 e. The van der Waals surface area contributed by atoms with E-state index in [1.807, 2.05) is 17.3 Å². The van der Waals surface area contributed by atoms with Gasteiger partial charge in [-0.3, -0.25) is 4.79 Å². The van der Waals surface area contributed by atoms with Crippen molar-refractivity contribution < 1.29 is 4.79 Å². The van der Waals surface area contributed by atoms with Crippen LogP contribution < -0.4 is 0 Å². The Morgan fingerprint density at radius 3 is 2.84 bits per heavy atom. The van der Waals surface area contributed by atoms with E-state index in [4.69, 9.17) is 0 Å². The zero-order valence-electron chi connectivity index (χ0n) is 10.8. The van der Waals surface area contributed by atoms with E-state index < -0.39 is 0 Å². The highest BCUT2D eigenvalue weighted by Crippen LogP contribution is 2.21. The van der Waals surface area contributed by atoms with Crippen molar-refractivity contribution in [1.82, 2.24) is 4.90 Å². The van der Waals surface area contributed by atoms with Crippen molar-refractivity contribution in [3.05, 3.63) is 43.2 Å². The molecular weight excluding hydrogens is 342 g/mol. The van der Waals surface area contributed by atoms with Crippen LogP contribution in [0.5, 0.6) is 0 Å². The van der Waals surface area contributed by atoms with Crippen LogP contribution in [0.3, 0.4) is 0 Å². The van der Waals surface area contributed by atoms with Crippen LogP contribution in [0.1, 0.15) is 22.6 Å². The van der Waals surface area contributed by atoms with Crippen LogP contribution in [0.15, 0.2) is 33.4 Å². The lowest BCUT2D eigenvalue weighted by molar-refractivity contribution is -0.130. The third kappa shape index (κ3) is 4.75. The van der Waals surface area contributed by atoms with E-state index in [2.05, 4.69) is 39.5 Å². The van der Waals surface area contributed by atoms with Gasteiger partial charge in [0.05, 0.1) is 6.54 Å². The largest absolute Gasteiger partial charge is 0.341 e. The van der Waals surface area contributed by atoms with Gasteiger partial charge in [0.2, 0.25) is 5.91 Å². The van der Waals surface area contributed by atoms with Crippen molar-refractivity contribution in [3.63, 3.8) is 0 Å². The first-order valence-corrected chi connectivity index (χ1v) is 8.69. The molecule has 0 saturated heterocycles. The molecule has 1 amide bonds. The van der Waals surface area contributed by atoms with Crippen LogP contribution in [0.2, 0.25) is 0 Å². The van der Waals surface area contributed by atoms with Gasteiger partial charge in [0.15, 0.2) is 0 Å². The zero-order valence-corrected chi connectivity index (χ0v) is 14.0. The van der Waals surface area contributed by atoms with Crippen molar-refractivity contribution in [2.45, 2.75) is 25.8 Å². The monoisotopic (exact) mass is 357 g/mol. The van der Waals surface area contributed by atoms with Gasteiger partial charge in [-0.25, -0.2) is 0 Å². The first-order chi connectivity index (χ1) is 9.15. The Balaban J connectivity index is 1.73. The molecule has 2 rings (SSSR count). The van der Waals surface area contributed by atoms with E-state index in [9.17, 15) is 4.79 Å². The molecule has 0 aliphatic rings. The van der Waals surface area contributed by atoms with Crippen LogP contribution in [0.25, 0.3) is 0 Å². The van der Waals surface area contributed by atoms with Gasteiger partial charge in [-0.1, -0.05) is 6.07 Å². The predicted octanol–water partition coefficient (Wildman–Crippen LogP) is 4.55. The van der Waals surface area contributed by atoms with Crippen molar-refractivity contribution in [2.24, 2.45) is 0 Å². The van der Waals surface area contributed by atoms with Gasteiger partial charge in [-0.15, -0.1) is 22.7 Å². The van der Waals surface area contributed by atoms with Crippen LogP contribution in [0.4, 0.5) is 0 Å². The molecule has 102 valence electrons. The van der Waals surface area contributed by atoms with E-state index in [1.54, 1.807) is 22.7 Å². The van der Waals surface area contributed by atoms with Crippen molar-refractivity contribution in [2.75, 3.05) is 7.05 Å². The lowest BCUT2D eigenvalue weighted by atomic mass is 10.2. The highest BCUT2D eigenvalue weighted by molar-refractivity contribution is 9.10. The summed E-state index contributed by atoms with van der Waals surface area (Å²) in [6.45, 7) is 0.702. The third-order valence-corrected chi connectivity index (χ3v) is 5.45. The summed E-state index contributed by atoms with van der Waals surface area (Å²) in [6, 6.07) is 6.25. The van der Waals surface area contributed by atoms with Crippen LogP contribution >= 0.6 is 38.6 Å². The topological polar surface area (TPSA) is 20.3 Å². The number of rotatable bonds is 6. The molecule has 5 heteroatoms. The SMILES string of the molecule is CN(Cc1cc(Br)cs1)C(=O)CCCc1cccs1. The second-order valence-corrected chi connectivity index (χ2v) is 7.36. The Morgan fingerprint density at radius 2 is 2.21 bits per heavy atom. The van der Waals surface area contributed by atoms with Crippen molar-refractivity contribution in [3.8, 4) is 0 Å². The molecule has 0 radical (unpaired) electrons. The first kappa shape index (κ1) is 14.8. The molecule has 0 bridgehead atoms. The maximum absolute atomic E-state index is 12.0. The molecule has 2 heterocycles. The minimum atomic E-state index is 0.223. The van der Waals surface area contributed by atoms with E-state index in [1.165, 1.54) is 9.75 Å². The molecule has 0 unspecified atom stereocenters. The number of halogens is 1. The Hall–Kier alpha value is -0.650. The van der Waals surface area contributed by atoms with E-state index in [0.29, 0.717) is 13.0 Å². The van der Waals surface area contributed by atoms with Gasteiger partial charge in [0.1, 0.15) is 0 Å². The van der Waals surface area contributed by atoms with E-state index in [-0.39, 0.29) is 5.91 Å². The summed E-state index contributed by atoms with van der Waals surface area (Å²) in [5, 5.41) is 4.13. The lowest BCUT2D eigenvalue weighted by Gasteiger charge is -2.15. The highest BCUT2D eigenvalue weighted by Gasteiger charge is 2.10. The number of aryl methyl sites for hydroxylation is 1. The summed E-state index contributed by atoms with van der Waals surface area (Å²) in [6.07, 6.45) is 2.56. The fraction of sp³-hybridized carbons (Fsp3) is 0.357. The molecule has 0 atom stereocenters. The minimum Gasteiger partial charge on any atom is -0.341 e. The summed E-state index contributed by atoms with van der Waals surface area (Å²) in [5.41, 5.74) is 0. The normalized spacial score (nSPS) is 10.6. The molecule has 2 aromatic rings. The average molecular weight is 358 g/mol. The first-order valence-electron chi connectivity index (χ1n) is 6.14. The van der Waals surface area contributed by atoms with Crippen LogP contribution in [-0.4, -0.2) is 17.9 Å². The molecule has 0 N–H and O–H groups in total. The Labute approximate surface area is 130 Å². The van der Waals surface area contributed by atoms with E-state index >= 15 is 0 Å². The van der Waals surface area contributed by atoms with Gasteiger partial charge in [-0.2, -0.15) is 0 Å². The number of hydrogen-bond acceptors (Lipinski definition) is 3. The molecule has 0 aliphatic carbocycles. The Kier molecular flexibility index (Phi) is 5.60. The number of thiophene rings is 2. The number of carbonyl (C=O) groups excluding carboxylic acids is 1. The fourth-order valence-corrected chi connectivity index (χ4v) is 4.07. The molecular formula is C14H16BrNOS2. The summed E-state index contributed by atoms with van der Waals surface area (Å²) in [4.78, 5) is 16.4. The summed E-state index contributed by atoms with van der Waals surface area (Å²) < 4.78 is 1.09. The van der Waals surface area contributed by atoms with Gasteiger partial charge in [-0.05, 0) is 46.3 Å². The summed E-state index contributed by atoms with van der Waals surface area (Å²) in [5.74, 6) is 0.223. The maximum atomic E-state index is 12.0. The quantitative estimate of drug-likeness (QED) is 0.742. The highest BCUT2D eigenvalue weighted by atomic mass is 79.9. The minimum absolute atomic E-state index is 0.223.